The number of nitrogen functional groups attached to an aromatic ring is 1. The number of rotatable bonds is 8. The van der Waals surface area contributed by atoms with Gasteiger partial charge in [-0.25, -0.2) is 4.68 Å². The third-order valence-electron chi connectivity index (χ3n) is 3.72. The molecule has 0 radical (unpaired) electrons. The normalized spacial score (nSPS) is 12.4. The number of aromatic nitrogens is 3. The van der Waals surface area contributed by atoms with Crippen LogP contribution in [0.1, 0.15) is 20.8 Å². The van der Waals surface area contributed by atoms with Gasteiger partial charge in [-0.2, -0.15) is 8.78 Å². The summed E-state index contributed by atoms with van der Waals surface area (Å²) < 4.78 is 29.9. The summed E-state index contributed by atoms with van der Waals surface area (Å²) in [5, 5.41) is 11.2. The minimum atomic E-state index is -2.88. The number of carbonyl (C=O) groups excluding carboxylic acids is 1. The third-order valence-corrected chi connectivity index (χ3v) is 4.67. The Bertz CT molecular complexity index is 737. The molecule has 2 aromatic rings. The molecule has 7 nitrogen and oxygen atoms in total. The minimum Gasteiger partial charge on any atom is -0.435 e. The first-order chi connectivity index (χ1) is 12.3. The van der Waals surface area contributed by atoms with E-state index in [9.17, 15) is 13.6 Å². The Morgan fingerprint density at radius 1 is 1.27 bits per heavy atom. The number of hydrogen-bond acceptors (Lipinski definition) is 6. The highest BCUT2D eigenvalue weighted by Gasteiger charge is 2.16. The molecule has 26 heavy (non-hydrogen) atoms. The zero-order chi connectivity index (χ0) is 19.3. The van der Waals surface area contributed by atoms with Crippen LogP contribution in [-0.4, -0.2) is 39.2 Å². The molecule has 3 N–H and O–H groups in total. The highest BCUT2D eigenvalue weighted by molar-refractivity contribution is 7.99. The van der Waals surface area contributed by atoms with Gasteiger partial charge >= 0.3 is 6.61 Å². The Kier molecular flexibility index (Phi) is 6.78. The van der Waals surface area contributed by atoms with E-state index in [0.717, 1.165) is 11.8 Å². The number of nitrogens with two attached hydrogens (primary N) is 1. The Morgan fingerprint density at radius 2 is 1.92 bits per heavy atom. The van der Waals surface area contributed by atoms with Gasteiger partial charge in [0.2, 0.25) is 11.1 Å². The molecule has 0 unspecified atom stereocenters. The summed E-state index contributed by atoms with van der Waals surface area (Å²) in [5.41, 5.74) is 0.589. The van der Waals surface area contributed by atoms with Crippen LogP contribution in [0.4, 0.5) is 8.78 Å². The Morgan fingerprint density at radius 3 is 2.50 bits per heavy atom. The van der Waals surface area contributed by atoms with E-state index in [-0.39, 0.29) is 23.5 Å². The molecule has 0 bridgehead atoms. The molecule has 0 saturated heterocycles. The predicted octanol–water partition coefficient (Wildman–Crippen LogP) is 2.51. The summed E-state index contributed by atoms with van der Waals surface area (Å²) in [5.74, 6) is 6.75. The van der Waals surface area contributed by atoms with Crippen molar-refractivity contribution in [1.29, 1.82) is 0 Å². The Labute approximate surface area is 154 Å². The molecular weight excluding hydrogens is 364 g/mol. The molecule has 1 aromatic heterocycles. The predicted molar refractivity (Wildman–Crippen MR) is 95.4 cm³/mol. The van der Waals surface area contributed by atoms with Crippen LogP contribution >= 0.6 is 11.8 Å². The molecule has 1 amide bonds. The van der Waals surface area contributed by atoms with E-state index in [1.807, 2.05) is 20.8 Å². The Balaban J connectivity index is 2.00. The van der Waals surface area contributed by atoms with E-state index in [0.29, 0.717) is 22.5 Å². The highest BCUT2D eigenvalue weighted by Crippen LogP contribution is 2.24. The van der Waals surface area contributed by atoms with Crippen LogP contribution in [0.2, 0.25) is 0 Å². The van der Waals surface area contributed by atoms with Crippen LogP contribution in [0.15, 0.2) is 29.4 Å². The fraction of sp³-hybridized carbons (Fsp3) is 0.438. The molecule has 0 spiro atoms. The van der Waals surface area contributed by atoms with Crippen LogP contribution in [0, 0.1) is 5.92 Å². The second-order valence-electron chi connectivity index (χ2n) is 5.97. The standard InChI is InChI=1S/C16H21F2N5O2S/c1-9(2)10(3)20-13(24)8-26-16-22-21-14(23(16)19)11-4-6-12(7-5-11)25-15(17)18/h4-7,9-10,15H,8,19H2,1-3H3,(H,20,24)/t10-/m1/s1. The quantitative estimate of drug-likeness (QED) is 0.536. The van der Waals surface area contributed by atoms with Crippen molar-refractivity contribution in [3.05, 3.63) is 24.3 Å². The van der Waals surface area contributed by atoms with Gasteiger partial charge in [-0.15, -0.1) is 10.2 Å². The lowest BCUT2D eigenvalue weighted by Gasteiger charge is -2.16. The van der Waals surface area contributed by atoms with Gasteiger partial charge in [0.25, 0.3) is 0 Å². The molecule has 1 heterocycles. The van der Waals surface area contributed by atoms with Crippen molar-refractivity contribution in [2.75, 3.05) is 11.6 Å². The summed E-state index contributed by atoms with van der Waals surface area (Å²) in [6.45, 7) is 3.11. The van der Waals surface area contributed by atoms with E-state index < -0.39 is 6.61 Å². The second kappa shape index (κ2) is 8.84. The van der Waals surface area contributed by atoms with Gasteiger partial charge in [0.15, 0.2) is 5.82 Å². The SMILES string of the molecule is CC(C)[C@@H](C)NC(=O)CSc1nnc(-c2ccc(OC(F)F)cc2)n1N. The van der Waals surface area contributed by atoms with Gasteiger partial charge in [-0.05, 0) is 37.1 Å². The van der Waals surface area contributed by atoms with Crippen molar-refractivity contribution >= 4 is 17.7 Å². The van der Waals surface area contributed by atoms with E-state index >= 15 is 0 Å². The maximum absolute atomic E-state index is 12.2. The van der Waals surface area contributed by atoms with Crippen molar-refractivity contribution in [3.63, 3.8) is 0 Å². The molecular formula is C16H21F2N5O2S. The van der Waals surface area contributed by atoms with Crippen molar-refractivity contribution in [2.24, 2.45) is 5.92 Å². The first-order valence-electron chi connectivity index (χ1n) is 7.95. The highest BCUT2D eigenvalue weighted by atomic mass is 32.2. The van der Waals surface area contributed by atoms with E-state index in [1.54, 1.807) is 12.1 Å². The zero-order valence-electron chi connectivity index (χ0n) is 14.6. The van der Waals surface area contributed by atoms with E-state index in [2.05, 4.69) is 20.3 Å². The number of amides is 1. The van der Waals surface area contributed by atoms with Crippen molar-refractivity contribution < 1.29 is 18.3 Å². The van der Waals surface area contributed by atoms with Gasteiger partial charge in [-0.1, -0.05) is 25.6 Å². The van der Waals surface area contributed by atoms with Crippen LogP contribution in [0.3, 0.4) is 0 Å². The largest absolute Gasteiger partial charge is 0.435 e. The molecule has 142 valence electrons. The number of nitrogens with one attached hydrogen (secondary N) is 1. The van der Waals surface area contributed by atoms with Crippen LogP contribution < -0.4 is 15.9 Å². The number of hydrogen-bond donors (Lipinski definition) is 2. The fourth-order valence-electron chi connectivity index (χ4n) is 1.95. The summed E-state index contributed by atoms with van der Waals surface area (Å²) in [6, 6.07) is 5.96. The zero-order valence-corrected chi connectivity index (χ0v) is 15.5. The summed E-state index contributed by atoms with van der Waals surface area (Å²) in [6.07, 6.45) is 0. The van der Waals surface area contributed by atoms with Gasteiger partial charge in [0, 0.05) is 11.6 Å². The van der Waals surface area contributed by atoms with Crippen molar-refractivity contribution in [2.45, 2.75) is 38.6 Å². The van der Waals surface area contributed by atoms with Crippen LogP contribution in [0.25, 0.3) is 11.4 Å². The monoisotopic (exact) mass is 385 g/mol. The number of halogens is 2. The molecule has 0 aliphatic heterocycles. The Hall–Kier alpha value is -2.36. The molecule has 1 aromatic carbocycles. The first kappa shape index (κ1) is 20.0. The molecule has 10 heteroatoms. The number of carbonyl (C=O) groups is 1. The minimum absolute atomic E-state index is 0.0392. The van der Waals surface area contributed by atoms with Crippen LogP contribution in [-0.2, 0) is 4.79 Å². The van der Waals surface area contributed by atoms with Crippen molar-refractivity contribution in [3.8, 4) is 17.1 Å². The average Bonchev–Trinajstić information content (AvgIpc) is 2.94. The molecule has 0 aliphatic rings. The summed E-state index contributed by atoms with van der Waals surface area (Å²) in [4.78, 5) is 11.9. The maximum atomic E-state index is 12.2. The molecule has 2 rings (SSSR count). The van der Waals surface area contributed by atoms with Gasteiger partial charge in [0.05, 0.1) is 5.75 Å². The molecule has 0 saturated carbocycles. The summed E-state index contributed by atoms with van der Waals surface area (Å²) >= 11 is 1.16. The third kappa shape index (κ3) is 5.32. The number of thioether (sulfide) groups is 1. The number of nitrogens with zero attached hydrogens (tertiary/aromatic N) is 3. The molecule has 0 fully saturated rings. The number of benzene rings is 1. The average molecular weight is 385 g/mol. The van der Waals surface area contributed by atoms with E-state index in [1.165, 1.54) is 16.8 Å². The lowest BCUT2D eigenvalue weighted by atomic mass is 10.1. The lowest BCUT2D eigenvalue weighted by Crippen LogP contribution is -2.37. The van der Waals surface area contributed by atoms with Gasteiger partial charge in [-0.3, -0.25) is 4.79 Å². The molecule has 1 atom stereocenters. The molecule has 0 aliphatic carbocycles. The number of alkyl halides is 2. The number of ether oxygens (including phenoxy) is 1. The van der Waals surface area contributed by atoms with E-state index in [4.69, 9.17) is 5.84 Å². The first-order valence-corrected chi connectivity index (χ1v) is 8.94. The van der Waals surface area contributed by atoms with Crippen LogP contribution in [0.5, 0.6) is 5.75 Å². The van der Waals surface area contributed by atoms with Gasteiger partial charge < -0.3 is 15.9 Å². The second-order valence-corrected chi connectivity index (χ2v) is 6.91. The fourth-order valence-corrected chi connectivity index (χ4v) is 2.62. The lowest BCUT2D eigenvalue weighted by molar-refractivity contribution is -0.119. The van der Waals surface area contributed by atoms with Crippen molar-refractivity contribution in [1.82, 2.24) is 20.2 Å². The van der Waals surface area contributed by atoms with Gasteiger partial charge in [0.1, 0.15) is 5.75 Å². The smallest absolute Gasteiger partial charge is 0.387 e. The maximum Gasteiger partial charge on any atom is 0.387 e. The topological polar surface area (TPSA) is 95.1 Å². The summed E-state index contributed by atoms with van der Waals surface area (Å²) in [7, 11) is 0.